The first kappa shape index (κ1) is 19.3. The molecular weight excluding hydrogens is 431 g/mol. The van der Waals surface area contributed by atoms with Gasteiger partial charge in [-0.15, -0.1) is 0 Å². The summed E-state index contributed by atoms with van der Waals surface area (Å²) in [6.45, 7) is 2.43. The van der Waals surface area contributed by atoms with Crippen LogP contribution in [0.25, 0.3) is 0 Å². The predicted octanol–water partition coefficient (Wildman–Crippen LogP) is 3.57. The molecule has 4 aliphatic heterocycles. The van der Waals surface area contributed by atoms with Crippen LogP contribution in [0.4, 0.5) is 11.5 Å². The number of methoxy groups -OCH3 is 1. The van der Waals surface area contributed by atoms with Crippen LogP contribution < -0.4 is 4.67 Å². The van der Waals surface area contributed by atoms with Crippen LogP contribution in [0, 0.1) is 0 Å². The van der Waals surface area contributed by atoms with Gasteiger partial charge >= 0.3 is 0 Å². The van der Waals surface area contributed by atoms with Crippen LogP contribution in [0.5, 0.6) is 0 Å². The zero-order valence-electron chi connectivity index (χ0n) is 18.9. The van der Waals surface area contributed by atoms with Gasteiger partial charge in [0.2, 0.25) is 0 Å². The molecule has 9 nitrogen and oxygen atoms in total. The van der Waals surface area contributed by atoms with Gasteiger partial charge in [0.25, 0.3) is 8.53 Å². The molecule has 6 atom stereocenters. The third-order valence-electron chi connectivity index (χ3n) is 6.38. The molecular formula is C22H25N4O5P. The maximum atomic E-state index is 12.4. The van der Waals surface area contributed by atoms with Gasteiger partial charge in [-0.3, -0.25) is 9.36 Å². The third kappa shape index (κ3) is 3.07. The molecule has 0 radical (unpaired) electrons. The van der Waals surface area contributed by atoms with E-state index in [4.69, 9.17) is 19.9 Å². The summed E-state index contributed by atoms with van der Waals surface area (Å²) in [5, 5.41) is 0. The van der Waals surface area contributed by atoms with Gasteiger partial charge in [-0.25, -0.2) is 9.98 Å². The van der Waals surface area contributed by atoms with E-state index in [1.54, 1.807) is 18.0 Å². The molecule has 10 heteroatoms. The summed E-state index contributed by atoms with van der Waals surface area (Å²) >= 11 is 0. The lowest BCUT2D eigenvalue weighted by molar-refractivity contribution is -0.0472. The maximum absolute atomic E-state index is 12.4. The molecule has 0 aliphatic carbocycles. The van der Waals surface area contributed by atoms with Gasteiger partial charge in [0, 0.05) is 19.9 Å². The van der Waals surface area contributed by atoms with Crippen molar-refractivity contribution < 1.29 is 24.7 Å². The van der Waals surface area contributed by atoms with Gasteiger partial charge in [0.05, 0.1) is 31.5 Å². The van der Waals surface area contributed by atoms with E-state index in [0.717, 1.165) is 17.8 Å². The lowest BCUT2D eigenvalue weighted by Crippen LogP contribution is -2.35. The average Bonchev–Trinajstić information content (AvgIpc) is 3.55. The monoisotopic (exact) mass is 457 g/mol. The van der Waals surface area contributed by atoms with Crippen molar-refractivity contribution in [1.29, 1.82) is 0 Å². The number of ketones is 1. The van der Waals surface area contributed by atoms with Gasteiger partial charge in [-0.1, -0.05) is 18.2 Å². The summed E-state index contributed by atoms with van der Waals surface area (Å²) in [7, 11) is 0.236. The van der Waals surface area contributed by atoms with Gasteiger partial charge in [-0.2, -0.15) is 0 Å². The number of carbonyl (C=O) groups excluding carboxylic acids is 1. The number of hydrogen-bond donors (Lipinski definition) is 0. The fraction of sp³-hybridized carbons (Fsp3) is 0.500. The fourth-order valence-electron chi connectivity index (χ4n) is 4.89. The largest absolute Gasteiger partial charge is 0.374 e. The number of para-hydroxylation sites is 1. The zero-order chi connectivity index (χ0) is 22.7. The highest BCUT2D eigenvalue weighted by atomic mass is 31.2. The van der Waals surface area contributed by atoms with Crippen molar-refractivity contribution in [3.63, 3.8) is 0 Å². The van der Waals surface area contributed by atoms with E-state index in [0.29, 0.717) is 18.1 Å². The topological polar surface area (TPSA) is 87.4 Å². The molecule has 0 N–H and O–H groups in total. The van der Waals surface area contributed by atoms with Crippen molar-refractivity contribution in [3.8, 4) is 0 Å². The Bertz CT molecular complexity index is 1130. The lowest BCUT2D eigenvalue weighted by atomic mass is 10.1. The van der Waals surface area contributed by atoms with Gasteiger partial charge in [0.15, 0.2) is 23.5 Å². The van der Waals surface area contributed by atoms with Crippen LogP contribution in [0.2, 0.25) is 0 Å². The van der Waals surface area contributed by atoms with Crippen molar-refractivity contribution in [2.24, 2.45) is 4.99 Å². The molecule has 0 saturated carbocycles. The summed E-state index contributed by atoms with van der Waals surface area (Å²) in [6.07, 6.45) is 0.592. The molecule has 0 amide bonds. The van der Waals surface area contributed by atoms with E-state index in [1.807, 2.05) is 13.0 Å². The minimum absolute atomic E-state index is 0.00231. The Kier molecular flexibility index (Phi) is 4.66. The number of Topliss-reactive ketones (excluding diaryl/α,β-unsaturated/α-hetero) is 1. The second-order valence-corrected chi connectivity index (χ2v) is 9.85. The molecule has 5 heterocycles. The van der Waals surface area contributed by atoms with E-state index in [9.17, 15) is 4.79 Å². The quantitative estimate of drug-likeness (QED) is 0.649. The van der Waals surface area contributed by atoms with Crippen LogP contribution in [0.15, 0.2) is 35.6 Å². The number of nitrogens with zero attached hydrogens (tertiary/aromatic N) is 4. The van der Waals surface area contributed by atoms with Gasteiger partial charge in [-0.05, 0) is 31.9 Å². The average molecular weight is 457 g/mol. The molecule has 0 bridgehead atoms. The Labute approximate surface area is 188 Å². The number of imidazole rings is 1. The first-order valence-corrected chi connectivity index (χ1v) is 11.8. The van der Waals surface area contributed by atoms with E-state index in [1.165, 1.54) is 5.56 Å². The molecule has 2 fully saturated rings. The number of rotatable bonds is 4. The fourth-order valence-corrected chi connectivity index (χ4v) is 6.72. The number of aliphatic imine (C=N–C) groups is 1. The third-order valence-corrected chi connectivity index (χ3v) is 8.07. The maximum Gasteiger partial charge on any atom is 0.290 e. The van der Waals surface area contributed by atoms with Crippen molar-refractivity contribution in [2.75, 3.05) is 18.4 Å². The van der Waals surface area contributed by atoms with Crippen molar-refractivity contribution in [1.82, 2.24) is 9.55 Å². The predicted molar refractivity (Wildman–Crippen MR) is 118 cm³/mol. The first-order chi connectivity index (χ1) is 16.1. The van der Waals surface area contributed by atoms with Crippen molar-refractivity contribution in [2.45, 2.75) is 57.2 Å². The highest BCUT2D eigenvalue weighted by molar-refractivity contribution is 7.49. The first-order valence-electron chi connectivity index (χ1n) is 11.4. The van der Waals surface area contributed by atoms with Gasteiger partial charge in [0.1, 0.15) is 12.2 Å². The van der Waals surface area contributed by atoms with Gasteiger partial charge < -0.3 is 23.2 Å². The molecule has 1 aromatic heterocycles. The number of fused-ring (bicyclic) bond motifs is 4. The SMILES string of the molecule is [2H]CC1OC(n2cnc3c2N=C(C)CC3=O)C(OC)C1O[P@@]1OC[C@@H]2Cc3ccccc3N21. The Morgan fingerprint density at radius 2 is 2.19 bits per heavy atom. The Hall–Kier alpha value is -2.16. The molecule has 1 aromatic carbocycles. The lowest BCUT2D eigenvalue weighted by Gasteiger charge is -2.29. The van der Waals surface area contributed by atoms with Crippen molar-refractivity contribution >= 4 is 31.5 Å². The Balaban J connectivity index is 1.29. The Morgan fingerprint density at radius 3 is 3.03 bits per heavy atom. The summed E-state index contributed by atoms with van der Waals surface area (Å²) in [5.74, 6) is 0.408. The summed E-state index contributed by atoms with van der Waals surface area (Å²) < 4.78 is 36.7. The summed E-state index contributed by atoms with van der Waals surface area (Å²) in [5.41, 5.74) is 3.51. The van der Waals surface area contributed by atoms with Crippen molar-refractivity contribution in [3.05, 3.63) is 41.9 Å². The summed E-state index contributed by atoms with van der Waals surface area (Å²) in [6, 6.07) is 8.58. The van der Waals surface area contributed by atoms with Crippen LogP contribution in [-0.2, 0) is 24.9 Å². The number of carbonyl (C=O) groups is 1. The van der Waals surface area contributed by atoms with E-state index < -0.39 is 33.1 Å². The molecule has 0 spiro atoms. The molecule has 4 aliphatic rings. The highest BCUT2D eigenvalue weighted by Gasteiger charge is 2.51. The number of aromatic nitrogens is 2. The molecule has 32 heavy (non-hydrogen) atoms. The van der Waals surface area contributed by atoms with E-state index >= 15 is 0 Å². The number of anilines is 1. The molecule has 168 valence electrons. The van der Waals surface area contributed by atoms with Crippen LogP contribution in [-0.4, -0.2) is 59.1 Å². The standard InChI is InChI=1S/C22H25N4O5P/c1-12-8-17(27)18-21(24-12)25(11-23-18)22-20(28-3)19(13(2)30-22)31-32-26-15(10-29-32)9-14-6-4-5-7-16(14)26/h4-7,11,13,15,19-20,22H,8-10H2,1-3H3/t13?,15-,19?,20?,22?,32+/m0/s1/i2D. The zero-order valence-corrected chi connectivity index (χ0v) is 18.8. The second-order valence-electron chi connectivity index (χ2n) is 8.47. The molecule has 2 aromatic rings. The van der Waals surface area contributed by atoms with Crippen LogP contribution >= 0.6 is 8.53 Å². The highest BCUT2D eigenvalue weighted by Crippen LogP contribution is 2.58. The summed E-state index contributed by atoms with van der Waals surface area (Å²) in [4.78, 5) is 21.2. The smallest absolute Gasteiger partial charge is 0.290 e. The number of benzene rings is 1. The minimum atomic E-state index is -1.36. The second kappa shape index (κ2) is 7.71. The molecule has 4 unspecified atom stereocenters. The Morgan fingerprint density at radius 1 is 1.31 bits per heavy atom. The molecule has 2 saturated heterocycles. The molecule has 6 rings (SSSR count). The number of hydrogen-bond acceptors (Lipinski definition) is 8. The normalized spacial score (nSPS) is 33.7. The van der Waals surface area contributed by atoms with E-state index in [-0.39, 0.29) is 25.1 Å². The minimum Gasteiger partial charge on any atom is -0.374 e. The van der Waals surface area contributed by atoms with Crippen LogP contribution in [0.3, 0.4) is 0 Å². The number of ether oxygens (including phenoxy) is 2. The van der Waals surface area contributed by atoms with E-state index in [2.05, 4.69) is 32.8 Å². The van der Waals surface area contributed by atoms with Crippen LogP contribution in [0.1, 0.15) is 43.9 Å².